The maximum atomic E-state index is 6.24. The molecule has 0 aromatic carbocycles. The molecule has 4 aliphatic rings. The first kappa shape index (κ1) is 12.5. The van der Waals surface area contributed by atoms with Gasteiger partial charge in [-0.1, -0.05) is 38.1 Å². The van der Waals surface area contributed by atoms with Gasteiger partial charge in [0.25, 0.3) is 0 Å². The van der Waals surface area contributed by atoms with Crippen LogP contribution in [0.2, 0.25) is 0 Å². The number of allylic oxidation sites excluding steroid dienone is 2. The average molecular weight is 246 g/mol. The van der Waals surface area contributed by atoms with Gasteiger partial charge in [0.2, 0.25) is 0 Å². The van der Waals surface area contributed by atoms with Crippen molar-refractivity contribution in [3.63, 3.8) is 0 Å². The second-order valence-electron chi connectivity index (χ2n) is 7.04. The molecule has 1 aliphatic heterocycles. The monoisotopic (exact) mass is 246 g/mol. The maximum absolute atomic E-state index is 6.24. The molecule has 3 saturated carbocycles. The lowest BCUT2D eigenvalue weighted by Crippen LogP contribution is -2.65. The third kappa shape index (κ3) is 1.57. The van der Waals surface area contributed by atoms with Crippen LogP contribution in [0.4, 0.5) is 0 Å². The van der Waals surface area contributed by atoms with Crippen LogP contribution in [0.1, 0.15) is 40.5 Å². The molecule has 2 nitrogen and oxygen atoms in total. The smallest absolute Gasteiger partial charge is 0.402 e. The van der Waals surface area contributed by atoms with Crippen LogP contribution >= 0.6 is 0 Å². The third-order valence-corrected chi connectivity index (χ3v) is 5.51. The molecule has 0 unspecified atom stereocenters. The minimum absolute atomic E-state index is 0.0949. The Kier molecular flexibility index (Phi) is 2.59. The lowest BCUT2D eigenvalue weighted by Gasteiger charge is -2.64. The third-order valence-electron chi connectivity index (χ3n) is 5.51. The summed E-state index contributed by atoms with van der Waals surface area (Å²) in [5.41, 5.74) is 1.36. The van der Waals surface area contributed by atoms with Crippen molar-refractivity contribution < 1.29 is 9.31 Å². The van der Waals surface area contributed by atoms with E-state index in [1.807, 2.05) is 19.0 Å². The summed E-state index contributed by atoms with van der Waals surface area (Å²) in [6.45, 7) is 12.9. The molecule has 4 fully saturated rings. The zero-order chi connectivity index (χ0) is 13.1. The van der Waals surface area contributed by atoms with Gasteiger partial charge in [0.15, 0.2) is 0 Å². The molecule has 0 spiro atoms. The van der Waals surface area contributed by atoms with Crippen LogP contribution in [0.25, 0.3) is 0 Å². The van der Waals surface area contributed by atoms with Gasteiger partial charge >= 0.3 is 7.12 Å². The van der Waals surface area contributed by atoms with Gasteiger partial charge < -0.3 is 9.31 Å². The van der Waals surface area contributed by atoms with Crippen LogP contribution in [-0.2, 0) is 9.31 Å². The van der Waals surface area contributed by atoms with E-state index in [1.54, 1.807) is 0 Å². The second kappa shape index (κ2) is 3.74. The van der Waals surface area contributed by atoms with Crippen molar-refractivity contribution in [1.29, 1.82) is 0 Å². The molecule has 0 aromatic heterocycles. The Morgan fingerprint density at radius 2 is 2.06 bits per heavy atom. The summed E-state index contributed by atoms with van der Waals surface area (Å²) >= 11 is 0. The van der Waals surface area contributed by atoms with E-state index in [4.69, 9.17) is 9.31 Å². The van der Waals surface area contributed by atoms with Crippen molar-refractivity contribution in [3.05, 3.63) is 24.2 Å². The van der Waals surface area contributed by atoms with Crippen molar-refractivity contribution >= 4 is 7.12 Å². The molecule has 1 heterocycles. The highest BCUT2D eigenvalue weighted by molar-refractivity contribution is 6.51. The van der Waals surface area contributed by atoms with Gasteiger partial charge in [-0.15, -0.1) is 0 Å². The Morgan fingerprint density at radius 1 is 1.33 bits per heavy atom. The van der Waals surface area contributed by atoms with E-state index < -0.39 is 0 Å². The number of rotatable bonds is 2. The maximum Gasteiger partial charge on any atom is 0.486 e. The van der Waals surface area contributed by atoms with Gasteiger partial charge in [-0.3, -0.25) is 0 Å². The van der Waals surface area contributed by atoms with Gasteiger partial charge in [0.1, 0.15) is 0 Å². The van der Waals surface area contributed by atoms with E-state index in [1.165, 1.54) is 6.42 Å². The molecule has 3 aliphatic carbocycles. The normalized spacial score (nSPS) is 44.9. The van der Waals surface area contributed by atoms with Gasteiger partial charge in [-0.05, 0) is 43.9 Å². The Labute approximate surface area is 111 Å². The van der Waals surface area contributed by atoms with Crippen LogP contribution in [0.3, 0.4) is 0 Å². The Hall–Kier alpha value is -0.535. The van der Waals surface area contributed by atoms with Gasteiger partial charge in [0.05, 0.1) is 11.7 Å². The highest BCUT2D eigenvalue weighted by Gasteiger charge is 2.67. The van der Waals surface area contributed by atoms with Crippen LogP contribution < -0.4 is 0 Å². The quantitative estimate of drug-likeness (QED) is 0.549. The minimum Gasteiger partial charge on any atom is -0.402 e. The largest absolute Gasteiger partial charge is 0.486 e. The zero-order valence-corrected chi connectivity index (χ0v) is 11.9. The Balaban J connectivity index is 1.79. The molecular formula is C15H23BO2. The van der Waals surface area contributed by atoms with Crippen LogP contribution in [-0.4, -0.2) is 18.8 Å². The van der Waals surface area contributed by atoms with Crippen molar-refractivity contribution in [2.45, 2.75) is 52.2 Å². The molecule has 1 saturated heterocycles. The summed E-state index contributed by atoms with van der Waals surface area (Å²) in [5, 5.41) is 0. The first-order chi connectivity index (χ1) is 8.34. The van der Waals surface area contributed by atoms with Crippen LogP contribution in [0, 0.1) is 17.3 Å². The summed E-state index contributed by atoms with van der Waals surface area (Å²) in [5.74, 6) is 3.45. The van der Waals surface area contributed by atoms with Crippen molar-refractivity contribution in [2.75, 3.05) is 0 Å². The highest BCUT2D eigenvalue weighted by atomic mass is 16.7. The van der Waals surface area contributed by atoms with Gasteiger partial charge in [-0.2, -0.15) is 0 Å². The molecule has 0 amide bonds. The number of hydrogen-bond donors (Lipinski definition) is 0. The molecule has 0 N–H and O–H groups in total. The molecule has 0 aromatic rings. The Morgan fingerprint density at radius 3 is 2.67 bits per heavy atom. The van der Waals surface area contributed by atoms with Crippen LogP contribution in [0.15, 0.2) is 24.2 Å². The first-order valence-corrected chi connectivity index (χ1v) is 7.01. The van der Waals surface area contributed by atoms with E-state index in [0.29, 0.717) is 11.3 Å². The first-order valence-electron chi connectivity index (χ1n) is 7.01. The van der Waals surface area contributed by atoms with E-state index in [0.717, 1.165) is 17.9 Å². The molecule has 4 atom stereocenters. The summed E-state index contributed by atoms with van der Waals surface area (Å²) in [6, 6.07) is 0. The summed E-state index contributed by atoms with van der Waals surface area (Å²) in [6.07, 6.45) is 4.72. The lowest BCUT2D eigenvalue weighted by atomic mass is 9.43. The second-order valence-corrected chi connectivity index (χ2v) is 7.04. The van der Waals surface area contributed by atoms with Gasteiger partial charge in [0, 0.05) is 0 Å². The predicted octanol–water partition coefficient (Wildman–Crippen LogP) is 3.39. The van der Waals surface area contributed by atoms with E-state index in [9.17, 15) is 0 Å². The molecular weight excluding hydrogens is 223 g/mol. The standard InChI is InChI=1S/C15H23BO2/c1-10(2)6-7-16-17-13-9-11-8-12(14(11,3)4)15(13,5)18-16/h6-7,11-13H,1,8-9H2,2-5H3/b7-6+/t11-,12-,13+,15-/m0/s1. The van der Waals surface area contributed by atoms with Crippen molar-refractivity contribution in [1.82, 2.24) is 0 Å². The zero-order valence-electron chi connectivity index (χ0n) is 11.9. The minimum atomic E-state index is -0.188. The summed E-state index contributed by atoms with van der Waals surface area (Å²) in [4.78, 5) is 0. The molecule has 18 heavy (non-hydrogen) atoms. The topological polar surface area (TPSA) is 18.5 Å². The molecule has 2 bridgehead atoms. The lowest BCUT2D eigenvalue weighted by molar-refractivity contribution is -0.199. The SMILES string of the molecule is C=C(C)/C=C/B1O[C@@H]2C[C@@H]3C[C@@H](C3(C)C)[C@]2(C)O1. The summed E-state index contributed by atoms with van der Waals surface area (Å²) in [7, 11) is -0.188. The van der Waals surface area contributed by atoms with E-state index >= 15 is 0 Å². The van der Waals surface area contributed by atoms with Crippen molar-refractivity contribution in [2.24, 2.45) is 17.3 Å². The fraction of sp³-hybridized carbons (Fsp3) is 0.733. The number of hydrogen-bond acceptors (Lipinski definition) is 2. The molecule has 3 heteroatoms. The highest BCUT2D eigenvalue weighted by Crippen LogP contribution is 2.65. The molecule has 0 radical (unpaired) electrons. The van der Waals surface area contributed by atoms with E-state index in [2.05, 4.69) is 27.4 Å². The van der Waals surface area contributed by atoms with Crippen molar-refractivity contribution in [3.8, 4) is 0 Å². The predicted molar refractivity (Wildman–Crippen MR) is 74.1 cm³/mol. The molecule has 98 valence electrons. The van der Waals surface area contributed by atoms with Crippen LogP contribution in [0.5, 0.6) is 0 Å². The fourth-order valence-electron chi connectivity index (χ4n) is 4.22. The van der Waals surface area contributed by atoms with E-state index in [-0.39, 0.29) is 18.8 Å². The molecule has 4 rings (SSSR count). The summed E-state index contributed by atoms with van der Waals surface area (Å²) < 4.78 is 12.3. The fourth-order valence-corrected chi connectivity index (χ4v) is 4.22. The average Bonchev–Trinajstić information content (AvgIpc) is 2.61. The Bertz CT molecular complexity index is 415. The van der Waals surface area contributed by atoms with Gasteiger partial charge in [-0.25, -0.2) is 0 Å².